The van der Waals surface area contributed by atoms with Crippen molar-refractivity contribution in [3.8, 4) is 0 Å². The Morgan fingerprint density at radius 1 is 1.38 bits per heavy atom. The highest BCUT2D eigenvalue weighted by atomic mass is 19.1. The van der Waals surface area contributed by atoms with E-state index in [1.54, 1.807) is 6.07 Å². The SMILES string of the molecule is CC(N)c1c(F)ccc2c1CCC2. The van der Waals surface area contributed by atoms with Crippen LogP contribution in [0.25, 0.3) is 0 Å². The van der Waals surface area contributed by atoms with Gasteiger partial charge in [-0.25, -0.2) is 4.39 Å². The number of fused-ring (bicyclic) bond motifs is 1. The van der Waals surface area contributed by atoms with Crippen molar-refractivity contribution in [2.45, 2.75) is 32.2 Å². The van der Waals surface area contributed by atoms with Gasteiger partial charge >= 0.3 is 0 Å². The first-order valence-electron chi connectivity index (χ1n) is 4.76. The minimum atomic E-state index is -0.187. The Morgan fingerprint density at radius 3 is 2.85 bits per heavy atom. The molecule has 0 aliphatic heterocycles. The summed E-state index contributed by atoms with van der Waals surface area (Å²) < 4.78 is 13.4. The van der Waals surface area contributed by atoms with E-state index in [1.165, 1.54) is 5.56 Å². The topological polar surface area (TPSA) is 26.0 Å². The number of hydrogen-bond donors (Lipinski definition) is 1. The zero-order valence-corrected chi connectivity index (χ0v) is 7.81. The van der Waals surface area contributed by atoms with Crippen LogP contribution in [0.2, 0.25) is 0 Å². The van der Waals surface area contributed by atoms with E-state index in [2.05, 4.69) is 0 Å². The molecule has 1 aromatic carbocycles. The fourth-order valence-electron chi connectivity index (χ4n) is 2.16. The van der Waals surface area contributed by atoms with Gasteiger partial charge in [0.2, 0.25) is 0 Å². The number of rotatable bonds is 1. The van der Waals surface area contributed by atoms with E-state index >= 15 is 0 Å². The molecule has 0 heterocycles. The largest absolute Gasteiger partial charge is 0.324 e. The summed E-state index contributed by atoms with van der Waals surface area (Å²) in [5, 5.41) is 0. The molecule has 70 valence electrons. The van der Waals surface area contributed by atoms with Crippen LogP contribution in [0.1, 0.15) is 36.1 Å². The van der Waals surface area contributed by atoms with Crippen molar-refractivity contribution < 1.29 is 4.39 Å². The molecule has 0 spiro atoms. The Kier molecular flexibility index (Phi) is 2.08. The molecule has 13 heavy (non-hydrogen) atoms. The first-order valence-corrected chi connectivity index (χ1v) is 4.76. The van der Waals surface area contributed by atoms with Crippen molar-refractivity contribution in [2.75, 3.05) is 0 Å². The predicted octanol–water partition coefficient (Wildman–Crippen LogP) is 2.33. The van der Waals surface area contributed by atoms with Gasteiger partial charge in [0.1, 0.15) is 5.82 Å². The number of nitrogens with two attached hydrogens (primary N) is 1. The average Bonchev–Trinajstić information content (AvgIpc) is 2.50. The van der Waals surface area contributed by atoms with Crippen LogP contribution < -0.4 is 5.73 Å². The van der Waals surface area contributed by atoms with Crippen molar-refractivity contribution in [3.05, 3.63) is 34.6 Å². The van der Waals surface area contributed by atoms with Gasteiger partial charge in [-0.1, -0.05) is 6.07 Å². The fraction of sp³-hybridized carbons (Fsp3) is 0.455. The van der Waals surface area contributed by atoms with Crippen LogP contribution in [0.3, 0.4) is 0 Å². The van der Waals surface area contributed by atoms with Gasteiger partial charge in [0.15, 0.2) is 0 Å². The normalized spacial score (nSPS) is 17.2. The molecule has 1 unspecified atom stereocenters. The van der Waals surface area contributed by atoms with Crippen LogP contribution in [0.5, 0.6) is 0 Å². The summed E-state index contributed by atoms with van der Waals surface area (Å²) in [5.74, 6) is -0.143. The highest BCUT2D eigenvalue weighted by molar-refractivity contribution is 5.40. The Labute approximate surface area is 77.8 Å². The third kappa shape index (κ3) is 1.35. The Hall–Kier alpha value is -0.890. The molecular formula is C11H14FN. The predicted molar refractivity (Wildman–Crippen MR) is 51.0 cm³/mol. The zero-order chi connectivity index (χ0) is 9.42. The molecule has 0 saturated heterocycles. The van der Waals surface area contributed by atoms with Crippen LogP contribution in [0.4, 0.5) is 4.39 Å². The summed E-state index contributed by atoms with van der Waals surface area (Å²) in [7, 11) is 0. The van der Waals surface area contributed by atoms with E-state index in [1.807, 2.05) is 13.0 Å². The van der Waals surface area contributed by atoms with Gasteiger partial charge in [-0.2, -0.15) is 0 Å². The van der Waals surface area contributed by atoms with Gasteiger partial charge in [-0.3, -0.25) is 0 Å². The Bertz CT molecular complexity index is 331. The number of aryl methyl sites for hydroxylation is 1. The maximum absolute atomic E-state index is 13.4. The Morgan fingerprint density at radius 2 is 2.15 bits per heavy atom. The molecular weight excluding hydrogens is 165 g/mol. The van der Waals surface area contributed by atoms with Crippen molar-refractivity contribution in [1.82, 2.24) is 0 Å². The first kappa shape index (κ1) is 8.70. The van der Waals surface area contributed by atoms with Gasteiger partial charge in [-0.15, -0.1) is 0 Å². The summed E-state index contributed by atoms with van der Waals surface area (Å²) in [6, 6.07) is 3.25. The van der Waals surface area contributed by atoms with E-state index in [0.717, 1.165) is 30.4 Å². The maximum atomic E-state index is 13.4. The second-order valence-corrected chi connectivity index (χ2v) is 3.74. The van der Waals surface area contributed by atoms with Gasteiger partial charge in [-0.05, 0) is 43.4 Å². The average molecular weight is 179 g/mol. The Balaban J connectivity index is 2.58. The standard InChI is InChI=1S/C11H14FN/c1-7(13)11-9-4-2-3-8(9)5-6-10(11)12/h5-7H,2-4,13H2,1H3. The van der Waals surface area contributed by atoms with Gasteiger partial charge in [0, 0.05) is 11.6 Å². The summed E-state index contributed by atoms with van der Waals surface area (Å²) in [5.41, 5.74) is 8.93. The third-order valence-electron chi connectivity index (χ3n) is 2.73. The summed E-state index contributed by atoms with van der Waals surface area (Å²) >= 11 is 0. The number of halogens is 1. The van der Waals surface area contributed by atoms with Crippen molar-refractivity contribution >= 4 is 0 Å². The smallest absolute Gasteiger partial charge is 0.128 e. The minimum absolute atomic E-state index is 0.143. The summed E-state index contributed by atoms with van der Waals surface area (Å²) in [6.45, 7) is 1.84. The molecule has 1 aromatic rings. The van der Waals surface area contributed by atoms with E-state index < -0.39 is 0 Å². The van der Waals surface area contributed by atoms with E-state index in [-0.39, 0.29) is 11.9 Å². The van der Waals surface area contributed by atoms with Crippen molar-refractivity contribution in [3.63, 3.8) is 0 Å². The van der Waals surface area contributed by atoms with Gasteiger partial charge < -0.3 is 5.73 Å². The van der Waals surface area contributed by atoms with Crippen LogP contribution in [-0.4, -0.2) is 0 Å². The molecule has 2 heteroatoms. The molecule has 1 aliphatic carbocycles. The molecule has 0 amide bonds. The second-order valence-electron chi connectivity index (χ2n) is 3.74. The van der Waals surface area contributed by atoms with E-state index in [9.17, 15) is 4.39 Å². The van der Waals surface area contributed by atoms with Gasteiger partial charge in [0.25, 0.3) is 0 Å². The molecule has 0 aromatic heterocycles. The molecule has 0 radical (unpaired) electrons. The molecule has 1 nitrogen and oxygen atoms in total. The quantitative estimate of drug-likeness (QED) is 0.703. The summed E-state index contributed by atoms with van der Waals surface area (Å²) in [6.07, 6.45) is 3.21. The number of hydrogen-bond acceptors (Lipinski definition) is 1. The molecule has 0 saturated carbocycles. The van der Waals surface area contributed by atoms with E-state index in [4.69, 9.17) is 5.73 Å². The molecule has 0 bridgehead atoms. The van der Waals surface area contributed by atoms with Gasteiger partial charge in [0.05, 0.1) is 0 Å². The first-order chi connectivity index (χ1) is 6.20. The van der Waals surface area contributed by atoms with Crippen LogP contribution in [-0.2, 0) is 12.8 Å². The zero-order valence-electron chi connectivity index (χ0n) is 7.81. The lowest BCUT2D eigenvalue weighted by Gasteiger charge is -2.12. The monoisotopic (exact) mass is 179 g/mol. The lowest BCUT2D eigenvalue weighted by Crippen LogP contribution is -2.10. The lowest BCUT2D eigenvalue weighted by molar-refractivity contribution is 0.589. The second kappa shape index (κ2) is 3.11. The molecule has 2 rings (SSSR count). The highest BCUT2D eigenvalue weighted by Gasteiger charge is 2.19. The lowest BCUT2D eigenvalue weighted by atomic mass is 9.98. The highest BCUT2D eigenvalue weighted by Crippen LogP contribution is 2.30. The van der Waals surface area contributed by atoms with Crippen LogP contribution >= 0.6 is 0 Å². The molecule has 1 aliphatic rings. The van der Waals surface area contributed by atoms with Crippen LogP contribution in [0.15, 0.2) is 12.1 Å². The van der Waals surface area contributed by atoms with E-state index in [0.29, 0.717) is 0 Å². The van der Waals surface area contributed by atoms with Crippen molar-refractivity contribution in [1.29, 1.82) is 0 Å². The van der Waals surface area contributed by atoms with Crippen molar-refractivity contribution in [2.24, 2.45) is 5.73 Å². The number of benzene rings is 1. The van der Waals surface area contributed by atoms with Crippen LogP contribution in [0, 0.1) is 5.82 Å². The minimum Gasteiger partial charge on any atom is -0.324 e. The maximum Gasteiger partial charge on any atom is 0.128 e. The summed E-state index contributed by atoms with van der Waals surface area (Å²) in [4.78, 5) is 0. The molecule has 2 N–H and O–H groups in total. The molecule has 0 fully saturated rings. The third-order valence-corrected chi connectivity index (χ3v) is 2.73. The fourth-order valence-corrected chi connectivity index (χ4v) is 2.16. The molecule has 1 atom stereocenters.